The van der Waals surface area contributed by atoms with E-state index in [1.807, 2.05) is 23.9 Å². The highest BCUT2D eigenvalue weighted by atomic mass is 35.5. The number of aromatic nitrogens is 2. The number of carbonyl (C=O) groups excluding carboxylic acids is 1. The minimum absolute atomic E-state index is 0. The molecule has 5 nitrogen and oxygen atoms in total. The highest BCUT2D eigenvalue weighted by molar-refractivity contribution is 5.85. The van der Waals surface area contributed by atoms with E-state index < -0.39 is 0 Å². The Morgan fingerprint density at radius 2 is 2.35 bits per heavy atom. The van der Waals surface area contributed by atoms with Gasteiger partial charge < -0.3 is 11.1 Å². The van der Waals surface area contributed by atoms with Gasteiger partial charge in [0.1, 0.15) is 0 Å². The Balaban J connectivity index is 0.00000256. The molecule has 1 atom stereocenters. The maximum absolute atomic E-state index is 11.4. The lowest BCUT2D eigenvalue weighted by molar-refractivity contribution is -0.122. The molecule has 0 fully saturated rings. The number of halogens is 1. The number of nitrogens with two attached hydrogens (primary N) is 1. The van der Waals surface area contributed by atoms with Gasteiger partial charge in [-0.3, -0.25) is 9.48 Å². The van der Waals surface area contributed by atoms with Gasteiger partial charge in [-0.2, -0.15) is 5.10 Å². The summed E-state index contributed by atoms with van der Waals surface area (Å²) >= 11 is 0. The van der Waals surface area contributed by atoms with Crippen LogP contribution in [0.2, 0.25) is 0 Å². The third-order valence-electron chi connectivity index (χ3n) is 2.36. The zero-order valence-corrected chi connectivity index (χ0v) is 10.9. The predicted octanol–water partition coefficient (Wildman–Crippen LogP) is 0.939. The van der Waals surface area contributed by atoms with E-state index in [4.69, 9.17) is 5.73 Å². The number of aryl methyl sites for hydroxylation is 1. The molecule has 1 rings (SSSR count). The van der Waals surface area contributed by atoms with E-state index in [1.54, 1.807) is 6.20 Å². The summed E-state index contributed by atoms with van der Waals surface area (Å²) in [6.07, 6.45) is 6.19. The summed E-state index contributed by atoms with van der Waals surface area (Å²) in [6, 6.07) is 1.52. The van der Waals surface area contributed by atoms with Gasteiger partial charge in [-0.05, 0) is 18.9 Å². The molecule has 0 bridgehead atoms. The molecule has 0 saturated carbocycles. The lowest BCUT2D eigenvalue weighted by atomic mass is 10.2. The number of amides is 1. The third-order valence-corrected chi connectivity index (χ3v) is 2.36. The molecule has 1 unspecified atom stereocenters. The summed E-state index contributed by atoms with van der Waals surface area (Å²) in [5, 5.41) is 6.90. The maximum atomic E-state index is 11.4. The van der Waals surface area contributed by atoms with Crippen molar-refractivity contribution < 1.29 is 4.79 Å². The monoisotopic (exact) mass is 260 g/mol. The van der Waals surface area contributed by atoms with Crippen LogP contribution >= 0.6 is 12.4 Å². The van der Waals surface area contributed by atoms with Crippen molar-refractivity contribution in [3.63, 3.8) is 0 Å². The van der Waals surface area contributed by atoms with Crippen LogP contribution in [-0.2, 0) is 11.3 Å². The first-order chi connectivity index (χ1) is 7.74. The summed E-state index contributed by atoms with van der Waals surface area (Å²) in [4.78, 5) is 11.4. The van der Waals surface area contributed by atoms with Crippen LogP contribution in [0.5, 0.6) is 0 Å². The van der Waals surface area contributed by atoms with Crippen molar-refractivity contribution in [2.75, 3.05) is 6.54 Å². The Bertz CT molecular complexity index is 302. The van der Waals surface area contributed by atoms with Gasteiger partial charge in [-0.25, -0.2) is 0 Å². The Labute approximate surface area is 108 Å². The molecular formula is C11H21ClN4O. The first kappa shape index (κ1) is 15.9. The van der Waals surface area contributed by atoms with Crippen LogP contribution in [-0.4, -0.2) is 28.3 Å². The van der Waals surface area contributed by atoms with Gasteiger partial charge in [-0.15, -0.1) is 12.4 Å². The summed E-state index contributed by atoms with van der Waals surface area (Å²) in [5.74, 6) is -0.0534. The fourth-order valence-electron chi connectivity index (χ4n) is 1.46. The lowest BCUT2D eigenvalue weighted by Gasteiger charge is -2.10. The van der Waals surface area contributed by atoms with Crippen LogP contribution in [0, 0.1) is 0 Å². The van der Waals surface area contributed by atoms with E-state index in [1.165, 1.54) is 0 Å². The fraction of sp³-hybridized carbons (Fsp3) is 0.636. The van der Waals surface area contributed by atoms with Crippen molar-refractivity contribution in [3.8, 4) is 0 Å². The molecule has 0 radical (unpaired) electrons. The predicted molar refractivity (Wildman–Crippen MR) is 70.0 cm³/mol. The topological polar surface area (TPSA) is 72.9 Å². The second kappa shape index (κ2) is 9.01. The molecule has 0 aliphatic heterocycles. The molecule has 0 aromatic carbocycles. The van der Waals surface area contributed by atoms with E-state index in [2.05, 4.69) is 10.4 Å². The van der Waals surface area contributed by atoms with Crippen molar-refractivity contribution in [1.29, 1.82) is 0 Å². The fourth-order valence-corrected chi connectivity index (χ4v) is 1.46. The van der Waals surface area contributed by atoms with Gasteiger partial charge in [0.2, 0.25) is 5.91 Å². The van der Waals surface area contributed by atoms with E-state index in [0.717, 1.165) is 25.8 Å². The second-order valence-corrected chi connectivity index (χ2v) is 3.81. The summed E-state index contributed by atoms with van der Waals surface area (Å²) in [7, 11) is 0. The van der Waals surface area contributed by atoms with Crippen LogP contribution in [0.25, 0.3) is 0 Å². The quantitative estimate of drug-likeness (QED) is 0.717. The molecule has 0 aliphatic rings. The van der Waals surface area contributed by atoms with Crippen molar-refractivity contribution in [1.82, 2.24) is 15.1 Å². The van der Waals surface area contributed by atoms with Crippen molar-refractivity contribution in [3.05, 3.63) is 18.5 Å². The average molecular weight is 261 g/mol. The van der Waals surface area contributed by atoms with E-state index >= 15 is 0 Å². The molecule has 1 aromatic rings. The zero-order chi connectivity index (χ0) is 11.8. The van der Waals surface area contributed by atoms with Crippen molar-refractivity contribution in [2.24, 2.45) is 5.73 Å². The third kappa shape index (κ3) is 6.28. The summed E-state index contributed by atoms with van der Waals surface area (Å²) in [6.45, 7) is 3.48. The van der Waals surface area contributed by atoms with E-state index in [9.17, 15) is 4.79 Å². The van der Waals surface area contributed by atoms with Gasteiger partial charge in [0.05, 0.1) is 6.04 Å². The van der Waals surface area contributed by atoms with Gasteiger partial charge in [0.25, 0.3) is 0 Å². The SMILES string of the molecule is CCCC(N)C(=O)NCCCn1cccn1.Cl. The maximum Gasteiger partial charge on any atom is 0.236 e. The molecule has 98 valence electrons. The molecule has 17 heavy (non-hydrogen) atoms. The summed E-state index contributed by atoms with van der Waals surface area (Å²) < 4.78 is 1.85. The number of nitrogens with zero attached hydrogens (tertiary/aromatic N) is 2. The zero-order valence-electron chi connectivity index (χ0n) is 10.1. The molecule has 0 saturated heterocycles. The van der Waals surface area contributed by atoms with Crippen LogP contribution < -0.4 is 11.1 Å². The molecule has 1 heterocycles. The summed E-state index contributed by atoms with van der Waals surface area (Å²) in [5.41, 5.74) is 5.67. The first-order valence-electron chi connectivity index (χ1n) is 5.74. The van der Waals surface area contributed by atoms with Gasteiger partial charge >= 0.3 is 0 Å². The van der Waals surface area contributed by atoms with Crippen LogP contribution in [0.4, 0.5) is 0 Å². The second-order valence-electron chi connectivity index (χ2n) is 3.81. The number of hydrogen-bond acceptors (Lipinski definition) is 3. The van der Waals surface area contributed by atoms with Gasteiger partial charge in [-0.1, -0.05) is 13.3 Å². The van der Waals surface area contributed by atoms with Crippen LogP contribution in [0.1, 0.15) is 26.2 Å². The molecule has 1 amide bonds. The number of rotatable bonds is 7. The lowest BCUT2D eigenvalue weighted by Crippen LogP contribution is -2.40. The standard InChI is InChI=1S/C11H20N4O.ClH/c1-2-5-10(12)11(16)13-6-3-8-15-9-4-7-14-15;/h4,7,9-10H,2-3,5-6,8,12H2,1H3,(H,13,16);1H. The molecule has 0 spiro atoms. The smallest absolute Gasteiger partial charge is 0.236 e. The van der Waals surface area contributed by atoms with Crippen LogP contribution in [0.3, 0.4) is 0 Å². The Hall–Kier alpha value is -1.07. The number of nitrogens with one attached hydrogen (secondary N) is 1. The van der Waals surface area contributed by atoms with E-state index in [-0.39, 0.29) is 24.4 Å². The largest absolute Gasteiger partial charge is 0.355 e. The van der Waals surface area contributed by atoms with Crippen molar-refractivity contribution >= 4 is 18.3 Å². The first-order valence-corrected chi connectivity index (χ1v) is 5.74. The number of hydrogen-bond donors (Lipinski definition) is 2. The molecule has 6 heteroatoms. The number of carbonyl (C=O) groups is 1. The molecule has 0 aliphatic carbocycles. The Morgan fingerprint density at radius 1 is 1.59 bits per heavy atom. The van der Waals surface area contributed by atoms with Gasteiger partial charge in [0.15, 0.2) is 0 Å². The van der Waals surface area contributed by atoms with Gasteiger partial charge in [0, 0.05) is 25.5 Å². The van der Waals surface area contributed by atoms with Crippen molar-refractivity contribution in [2.45, 2.75) is 38.8 Å². The minimum atomic E-state index is -0.366. The van der Waals surface area contributed by atoms with Crippen LogP contribution in [0.15, 0.2) is 18.5 Å². The molecule has 3 N–H and O–H groups in total. The highest BCUT2D eigenvalue weighted by Crippen LogP contribution is 1.93. The molecular weight excluding hydrogens is 240 g/mol. The Kier molecular flexibility index (Phi) is 8.44. The highest BCUT2D eigenvalue weighted by Gasteiger charge is 2.10. The Morgan fingerprint density at radius 3 is 2.94 bits per heavy atom. The molecule has 1 aromatic heterocycles. The minimum Gasteiger partial charge on any atom is -0.355 e. The normalized spacial score (nSPS) is 11.6. The average Bonchev–Trinajstić information content (AvgIpc) is 2.77. The van der Waals surface area contributed by atoms with E-state index in [0.29, 0.717) is 6.54 Å².